The number of nitrogens with zero attached hydrogens (tertiary/aromatic N) is 1. The van der Waals surface area contributed by atoms with E-state index in [9.17, 15) is 14.4 Å². The minimum absolute atomic E-state index is 0.0216. The first-order chi connectivity index (χ1) is 8.34. The van der Waals surface area contributed by atoms with E-state index in [1.165, 1.54) is 4.90 Å². The lowest BCUT2D eigenvalue weighted by Crippen LogP contribution is -2.48. The number of carboxylic acid groups (broad SMARTS) is 2. The van der Waals surface area contributed by atoms with E-state index in [0.29, 0.717) is 6.42 Å². The normalized spacial score (nSPS) is 24.9. The quantitative estimate of drug-likeness (QED) is 0.455. The molecule has 0 aromatic heterocycles. The highest BCUT2D eigenvalue weighted by atomic mass is 16.4. The van der Waals surface area contributed by atoms with Crippen molar-refractivity contribution >= 4 is 17.8 Å². The van der Waals surface area contributed by atoms with Gasteiger partial charge in [-0.2, -0.15) is 0 Å². The molecule has 0 radical (unpaired) electrons. The molecule has 0 aliphatic carbocycles. The summed E-state index contributed by atoms with van der Waals surface area (Å²) in [6, 6.07) is -2.73. The van der Waals surface area contributed by atoms with Crippen LogP contribution < -0.4 is 11.5 Å². The molecule has 1 aliphatic heterocycles. The number of hydrogen-bond acceptors (Lipinski definition) is 5. The molecule has 8 heteroatoms. The summed E-state index contributed by atoms with van der Waals surface area (Å²) in [5, 5.41) is 17.6. The lowest BCUT2D eigenvalue weighted by Gasteiger charge is -2.23. The van der Waals surface area contributed by atoms with E-state index in [2.05, 4.69) is 0 Å². The molecule has 0 saturated carbocycles. The SMILES string of the molecule is NC1CCN(C(=O)CC[C@H](N)C(=O)O)[C@@H]1C(=O)O. The summed E-state index contributed by atoms with van der Waals surface area (Å²) in [5.74, 6) is -2.75. The summed E-state index contributed by atoms with van der Waals surface area (Å²) in [4.78, 5) is 34.4. The molecule has 1 unspecified atom stereocenters. The van der Waals surface area contributed by atoms with E-state index in [0.717, 1.165) is 0 Å². The predicted molar refractivity (Wildman–Crippen MR) is 60.6 cm³/mol. The average molecular weight is 259 g/mol. The van der Waals surface area contributed by atoms with Crippen LogP contribution in [0.15, 0.2) is 0 Å². The number of carboxylic acids is 2. The summed E-state index contributed by atoms with van der Waals surface area (Å²) in [5.41, 5.74) is 10.9. The van der Waals surface area contributed by atoms with Gasteiger partial charge < -0.3 is 26.6 Å². The largest absolute Gasteiger partial charge is 0.480 e. The Bertz CT molecular complexity index is 359. The molecule has 6 N–H and O–H groups in total. The van der Waals surface area contributed by atoms with Crippen LogP contribution in [0.25, 0.3) is 0 Å². The monoisotopic (exact) mass is 259 g/mol. The molecule has 18 heavy (non-hydrogen) atoms. The van der Waals surface area contributed by atoms with Gasteiger partial charge in [-0.05, 0) is 12.8 Å². The Balaban J connectivity index is 2.56. The van der Waals surface area contributed by atoms with Gasteiger partial charge >= 0.3 is 11.9 Å². The third-order valence-electron chi connectivity index (χ3n) is 3.00. The van der Waals surface area contributed by atoms with Crippen molar-refractivity contribution in [3.8, 4) is 0 Å². The van der Waals surface area contributed by atoms with Crippen LogP contribution in [0.1, 0.15) is 19.3 Å². The zero-order valence-corrected chi connectivity index (χ0v) is 9.78. The summed E-state index contributed by atoms with van der Waals surface area (Å²) >= 11 is 0. The second-order valence-electron chi connectivity index (χ2n) is 4.31. The topological polar surface area (TPSA) is 147 Å². The number of carbonyl (C=O) groups is 3. The van der Waals surface area contributed by atoms with Crippen LogP contribution in [-0.2, 0) is 14.4 Å². The van der Waals surface area contributed by atoms with Crippen LogP contribution in [0.2, 0.25) is 0 Å². The summed E-state index contributed by atoms with van der Waals surface area (Å²) < 4.78 is 0. The molecule has 1 fully saturated rings. The maximum atomic E-state index is 11.8. The van der Waals surface area contributed by atoms with Crippen molar-refractivity contribution in [2.75, 3.05) is 6.54 Å². The van der Waals surface area contributed by atoms with Crippen molar-refractivity contribution in [3.63, 3.8) is 0 Å². The molecule has 1 heterocycles. The molecular weight excluding hydrogens is 242 g/mol. The number of hydrogen-bond donors (Lipinski definition) is 4. The highest BCUT2D eigenvalue weighted by Gasteiger charge is 2.39. The average Bonchev–Trinajstić information content (AvgIpc) is 2.67. The standard InChI is InChI=1S/C10H17N3O5/c11-5-3-4-13(8(5)10(17)18)7(14)2-1-6(12)9(15)16/h5-6,8H,1-4,11-12H2,(H,15,16)(H,17,18)/t5?,6-,8-/m0/s1. The Kier molecular flexibility index (Phi) is 4.62. The summed E-state index contributed by atoms with van der Waals surface area (Å²) in [6.07, 6.45) is 0.309. The van der Waals surface area contributed by atoms with Crippen molar-refractivity contribution in [2.45, 2.75) is 37.4 Å². The number of rotatable bonds is 5. The van der Waals surface area contributed by atoms with Gasteiger partial charge in [-0.3, -0.25) is 9.59 Å². The van der Waals surface area contributed by atoms with E-state index in [-0.39, 0.29) is 19.4 Å². The van der Waals surface area contributed by atoms with Crippen LogP contribution in [0, 0.1) is 0 Å². The van der Waals surface area contributed by atoms with E-state index in [1.807, 2.05) is 0 Å². The Morgan fingerprint density at radius 1 is 1.33 bits per heavy atom. The maximum Gasteiger partial charge on any atom is 0.328 e. The molecule has 1 aliphatic rings. The van der Waals surface area contributed by atoms with Gasteiger partial charge in [0, 0.05) is 19.0 Å². The highest BCUT2D eigenvalue weighted by molar-refractivity contribution is 5.85. The van der Waals surface area contributed by atoms with E-state index in [1.54, 1.807) is 0 Å². The Hall–Kier alpha value is -1.67. The summed E-state index contributed by atoms with van der Waals surface area (Å²) in [7, 11) is 0. The van der Waals surface area contributed by atoms with Gasteiger partial charge in [0.1, 0.15) is 12.1 Å². The van der Waals surface area contributed by atoms with Gasteiger partial charge in [0.15, 0.2) is 0 Å². The fourth-order valence-corrected chi connectivity index (χ4v) is 1.96. The smallest absolute Gasteiger partial charge is 0.328 e. The lowest BCUT2D eigenvalue weighted by molar-refractivity contribution is -0.149. The molecule has 3 atom stereocenters. The number of carbonyl (C=O) groups excluding carboxylic acids is 1. The second-order valence-corrected chi connectivity index (χ2v) is 4.31. The molecule has 0 aromatic carbocycles. The number of nitrogens with two attached hydrogens (primary N) is 2. The van der Waals surface area contributed by atoms with E-state index < -0.39 is 36.0 Å². The molecule has 1 saturated heterocycles. The minimum Gasteiger partial charge on any atom is -0.480 e. The predicted octanol–water partition coefficient (Wildman–Crippen LogP) is -1.81. The van der Waals surface area contributed by atoms with Gasteiger partial charge in [0.05, 0.1) is 0 Å². The van der Waals surface area contributed by atoms with Crippen LogP contribution in [-0.4, -0.2) is 57.6 Å². The van der Waals surface area contributed by atoms with Gasteiger partial charge in [-0.15, -0.1) is 0 Å². The number of aliphatic carboxylic acids is 2. The molecular formula is C10H17N3O5. The molecule has 8 nitrogen and oxygen atoms in total. The van der Waals surface area contributed by atoms with Crippen LogP contribution >= 0.6 is 0 Å². The zero-order valence-electron chi connectivity index (χ0n) is 9.78. The van der Waals surface area contributed by atoms with Crippen molar-refractivity contribution in [2.24, 2.45) is 11.5 Å². The molecule has 0 spiro atoms. The molecule has 102 valence electrons. The third kappa shape index (κ3) is 3.17. The van der Waals surface area contributed by atoms with E-state index >= 15 is 0 Å². The number of amides is 1. The third-order valence-corrected chi connectivity index (χ3v) is 3.00. The Morgan fingerprint density at radius 2 is 1.94 bits per heavy atom. The number of likely N-dealkylation sites (tertiary alicyclic amines) is 1. The molecule has 0 aromatic rings. The second kappa shape index (κ2) is 5.78. The summed E-state index contributed by atoms with van der Waals surface area (Å²) in [6.45, 7) is 0.277. The Morgan fingerprint density at radius 3 is 2.44 bits per heavy atom. The first-order valence-electron chi connectivity index (χ1n) is 5.61. The first kappa shape index (κ1) is 14.4. The fraction of sp³-hybridized carbons (Fsp3) is 0.700. The van der Waals surface area contributed by atoms with Crippen molar-refractivity contribution in [1.82, 2.24) is 4.90 Å². The minimum atomic E-state index is -1.18. The van der Waals surface area contributed by atoms with Gasteiger partial charge in [-0.25, -0.2) is 4.79 Å². The van der Waals surface area contributed by atoms with Crippen LogP contribution in [0.5, 0.6) is 0 Å². The van der Waals surface area contributed by atoms with Gasteiger partial charge in [0.2, 0.25) is 5.91 Å². The molecule has 0 bridgehead atoms. The van der Waals surface area contributed by atoms with Crippen LogP contribution in [0.4, 0.5) is 0 Å². The van der Waals surface area contributed by atoms with Crippen LogP contribution in [0.3, 0.4) is 0 Å². The zero-order chi connectivity index (χ0) is 13.9. The van der Waals surface area contributed by atoms with Gasteiger partial charge in [-0.1, -0.05) is 0 Å². The molecule has 1 rings (SSSR count). The maximum absolute atomic E-state index is 11.8. The van der Waals surface area contributed by atoms with Gasteiger partial charge in [0.25, 0.3) is 0 Å². The lowest BCUT2D eigenvalue weighted by atomic mass is 10.1. The first-order valence-corrected chi connectivity index (χ1v) is 5.61. The van der Waals surface area contributed by atoms with Crippen molar-refractivity contribution < 1.29 is 24.6 Å². The van der Waals surface area contributed by atoms with E-state index in [4.69, 9.17) is 21.7 Å². The van der Waals surface area contributed by atoms with Crippen molar-refractivity contribution in [1.29, 1.82) is 0 Å². The molecule has 1 amide bonds. The Labute approximate surface area is 104 Å². The fourth-order valence-electron chi connectivity index (χ4n) is 1.96. The van der Waals surface area contributed by atoms with Crippen molar-refractivity contribution in [3.05, 3.63) is 0 Å². The highest BCUT2D eigenvalue weighted by Crippen LogP contribution is 2.18.